The maximum atomic E-state index is 5.80. The van der Waals surface area contributed by atoms with E-state index in [-0.39, 0.29) is 0 Å². The average molecular weight is 350 g/mol. The van der Waals surface area contributed by atoms with Gasteiger partial charge in [0.2, 0.25) is 0 Å². The number of nitrogens with zero attached hydrogens (tertiary/aromatic N) is 1. The third-order valence-electron chi connectivity index (χ3n) is 4.68. The van der Waals surface area contributed by atoms with E-state index in [1.807, 2.05) is 18.2 Å². The van der Waals surface area contributed by atoms with Gasteiger partial charge < -0.3 is 10.6 Å². The first kappa shape index (κ1) is 16.9. The molecular formula is C25H22N2. The minimum Gasteiger partial charge on any atom is -0.399 e. The molecule has 0 aromatic heterocycles. The zero-order chi connectivity index (χ0) is 18.6. The molecular weight excluding hydrogens is 328 g/mol. The topological polar surface area (TPSA) is 29.3 Å². The summed E-state index contributed by atoms with van der Waals surface area (Å²) in [6.07, 6.45) is 0. The minimum atomic E-state index is 0.782. The SMILES string of the molecule is Cc1ccc(N(c2ccccc2)c2ccc(-c3ccc(N)cc3)cc2)cc1. The predicted octanol–water partition coefficient (Wildman–Crippen LogP) is 6.71. The normalized spacial score (nSPS) is 10.6. The molecule has 0 aliphatic heterocycles. The summed E-state index contributed by atoms with van der Waals surface area (Å²) in [4.78, 5) is 2.27. The molecule has 132 valence electrons. The van der Waals surface area contributed by atoms with Crippen molar-refractivity contribution in [2.24, 2.45) is 0 Å². The van der Waals surface area contributed by atoms with Crippen molar-refractivity contribution in [3.8, 4) is 11.1 Å². The fourth-order valence-electron chi connectivity index (χ4n) is 3.20. The standard InChI is InChI=1S/C25H22N2/c1-19-7-15-24(16-8-19)27(23-5-3-2-4-6-23)25-17-11-21(12-18-25)20-9-13-22(26)14-10-20/h2-18H,26H2,1H3. The lowest BCUT2D eigenvalue weighted by Crippen LogP contribution is -2.09. The summed E-state index contributed by atoms with van der Waals surface area (Å²) in [6, 6.07) is 35.7. The highest BCUT2D eigenvalue weighted by Crippen LogP contribution is 2.35. The number of hydrogen-bond donors (Lipinski definition) is 1. The monoisotopic (exact) mass is 350 g/mol. The Kier molecular flexibility index (Phi) is 4.63. The molecule has 4 rings (SSSR count). The summed E-state index contributed by atoms with van der Waals surface area (Å²) >= 11 is 0. The maximum Gasteiger partial charge on any atom is 0.0462 e. The van der Waals surface area contributed by atoms with Crippen LogP contribution in [0.1, 0.15) is 5.56 Å². The summed E-state index contributed by atoms with van der Waals surface area (Å²) in [5, 5.41) is 0. The van der Waals surface area contributed by atoms with Gasteiger partial charge in [-0.25, -0.2) is 0 Å². The Morgan fingerprint density at radius 1 is 0.519 bits per heavy atom. The molecule has 0 aliphatic carbocycles. The van der Waals surface area contributed by atoms with Gasteiger partial charge >= 0.3 is 0 Å². The molecule has 0 unspecified atom stereocenters. The van der Waals surface area contributed by atoms with Crippen molar-refractivity contribution in [2.75, 3.05) is 10.6 Å². The highest BCUT2D eigenvalue weighted by Gasteiger charge is 2.12. The van der Waals surface area contributed by atoms with Crippen LogP contribution in [0.15, 0.2) is 103 Å². The van der Waals surface area contributed by atoms with Crippen LogP contribution in [0.3, 0.4) is 0 Å². The molecule has 0 aliphatic rings. The second-order valence-electron chi connectivity index (χ2n) is 6.68. The number of hydrogen-bond acceptors (Lipinski definition) is 2. The van der Waals surface area contributed by atoms with Crippen molar-refractivity contribution in [3.05, 3.63) is 109 Å². The molecule has 0 radical (unpaired) electrons. The van der Waals surface area contributed by atoms with Crippen LogP contribution in [0.4, 0.5) is 22.7 Å². The molecule has 0 amide bonds. The van der Waals surface area contributed by atoms with E-state index in [2.05, 4.69) is 96.8 Å². The fourth-order valence-corrected chi connectivity index (χ4v) is 3.20. The Bertz CT molecular complexity index is 1000. The molecule has 4 aromatic carbocycles. The van der Waals surface area contributed by atoms with Crippen molar-refractivity contribution < 1.29 is 0 Å². The summed E-state index contributed by atoms with van der Waals surface area (Å²) in [7, 11) is 0. The molecule has 2 heteroatoms. The van der Waals surface area contributed by atoms with E-state index in [0.717, 1.165) is 28.3 Å². The van der Waals surface area contributed by atoms with Crippen LogP contribution in [0.2, 0.25) is 0 Å². The first-order chi connectivity index (χ1) is 13.2. The molecule has 0 saturated carbocycles. The minimum absolute atomic E-state index is 0.782. The number of anilines is 4. The molecule has 0 spiro atoms. The molecule has 0 saturated heterocycles. The number of para-hydroxylation sites is 1. The summed E-state index contributed by atoms with van der Waals surface area (Å²) in [6.45, 7) is 2.11. The molecule has 0 fully saturated rings. The van der Waals surface area contributed by atoms with Crippen molar-refractivity contribution >= 4 is 22.7 Å². The predicted molar refractivity (Wildman–Crippen MR) is 116 cm³/mol. The van der Waals surface area contributed by atoms with E-state index in [1.54, 1.807) is 0 Å². The van der Waals surface area contributed by atoms with Gasteiger partial charge in [0, 0.05) is 22.7 Å². The van der Waals surface area contributed by atoms with E-state index in [4.69, 9.17) is 5.73 Å². The number of rotatable bonds is 4. The fraction of sp³-hybridized carbons (Fsp3) is 0.0400. The van der Waals surface area contributed by atoms with Gasteiger partial charge in [-0.2, -0.15) is 0 Å². The van der Waals surface area contributed by atoms with Gasteiger partial charge in [0.1, 0.15) is 0 Å². The molecule has 27 heavy (non-hydrogen) atoms. The second kappa shape index (κ2) is 7.38. The third-order valence-corrected chi connectivity index (χ3v) is 4.68. The van der Waals surface area contributed by atoms with Crippen molar-refractivity contribution in [3.63, 3.8) is 0 Å². The Labute approximate surface area is 160 Å². The first-order valence-corrected chi connectivity index (χ1v) is 9.08. The van der Waals surface area contributed by atoms with Crippen LogP contribution in [0, 0.1) is 6.92 Å². The second-order valence-corrected chi connectivity index (χ2v) is 6.68. The molecule has 0 bridgehead atoms. The average Bonchev–Trinajstić information content (AvgIpc) is 2.72. The molecule has 0 heterocycles. The zero-order valence-corrected chi connectivity index (χ0v) is 15.3. The lowest BCUT2D eigenvalue weighted by Gasteiger charge is -2.25. The van der Waals surface area contributed by atoms with Crippen LogP contribution < -0.4 is 10.6 Å². The van der Waals surface area contributed by atoms with Crippen LogP contribution in [0.5, 0.6) is 0 Å². The van der Waals surface area contributed by atoms with E-state index in [1.165, 1.54) is 11.1 Å². The van der Waals surface area contributed by atoms with E-state index in [9.17, 15) is 0 Å². The maximum absolute atomic E-state index is 5.80. The van der Waals surface area contributed by atoms with Gasteiger partial charge in [-0.1, -0.05) is 60.2 Å². The number of nitrogens with two attached hydrogens (primary N) is 1. The van der Waals surface area contributed by atoms with E-state index in [0.29, 0.717) is 0 Å². The van der Waals surface area contributed by atoms with Crippen LogP contribution >= 0.6 is 0 Å². The third kappa shape index (κ3) is 3.70. The Hall–Kier alpha value is -3.52. The molecule has 0 atom stereocenters. The number of nitrogen functional groups attached to an aromatic ring is 1. The largest absolute Gasteiger partial charge is 0.399 e. The van der Waals surface area contributed by atoms with Crippen molar-refractivity contribution in [1.29, 1.82) is 0 Å². The van der Waals surface area contributed by atoms with Gasteiger partial charge in [0.05, 0.1) is 0 Å². The summed E-state index contributed by atoms with van der Waals surface area (Å²) in [5.74, 6) is 0. The number of aryl methyl sites for hydroxylation is 1. The van der Waals surface area contributed by atoms with Crippen LogP contribution in [-0.4, -0.2) is 0 Å². The molecule has 4 aromatic rings. The van der Waals surface area contributed by atoms with Gasteiger partial charge in [-0.3, -0.25) is 0 Å². The van der Waals surface area contributed by atoms with Crippen molar-refractivity contribution in [1.82, 2.24) is 0 Å². The van der Waals surface area contributed by atoms with Crippen molar-refractivity contribution in [2.45, 2.75) is 6.92 Å². The molecule has 2 N–H and O–H groups in total. The quantitative estimate of drug-likeness (QED) is 0.414. The number of benzene rings is 4. The van der Waals surface area contributed by atoms with Gasteiger partial charge in [-0.05, 0) is 66.6 Å². The summed E-state index contributed by atoms with van der Waals surface area (Å²) in [5.41, 5.74) is 13.6. The molecule has 2 nitrogen and oxygen atoms in total. The van der Waals surface area contributed by atoms with E-state index >= 15 is 0 Å². The zero-order valence-electron chi connectivity index (χ0n) is 15.3. The highest BCUT2D eigenvalue weighted by molar-refractivity contribution is 5.78. The van der Waals surface area contributed by atoms with Crippen LogP contribution in [0.25, 0.3) is 11.1 Å². The van der Waals surface area contributed by atoms with E-state index < -0.39 is 0 Å². The Morgan fingerprint density at radius 2 is 0.963 bits per heavy atom. The highest BCUT2D eigenvalue weighted by atomic mass is 15.1. The van der Waals surface area contributed by atoms with Gasteiger partial charge in [0.15, 0.2) is 0 Å². The first-order valence-electron chi connectivity index (χ1n) is 9.08. The lowest BCUT2D eigenvalue weighted by molar-refractivity contribution is 1.27. The Morgan fingerprint density at radius 3 is 1.52 bits per heavy atom. The Balaban J connectivity index is 1.74. The van der Waals surface area contributed by atoms with Crippen LogP contribution in [-0.2, 0) is 0 Å². The van der Waals surface area contributed by atoms with Gasteiger partial charge in [-0.15, -0.1) is 0 Å². The summed E-state index contributed by atoms with van der Waals surface area (Å²) < 4.78 is 0. The smallest absolute Gasteiger partial charge is 0.0462 e. The van der Waals surface area contributed by atoms with Gasteiger partial charge in [0.25, 0.3) is 0 Å². The lowest BCUT2D eigenvalue weighted by atomic mass is 10.0.